The molecule has 0 aliphatic carbocycles. The first-order valence-corrected chi connectivity index (χ1v) is 4.83. The van der Waals surface area contributed by atoms with Crippen molar-refractivity contribution in [3.63, 3.8) is 0 Å². The van der Waals surface area contributed by atoms with Crippen LogP contribution in [0.5, 0.6) is 0 Å². The highest BCUT2D eigenvalue weighted by Gasteiger charge is 2.36. The van der Waals surface area contributed by atoms with Gasteiger partial charge in [-0.05, 0) is 17.0 Å². The molecule has 1 nitrogen and oxygen atoms in total. The average molecular weight is 170 g/mol. The molecule has 0 rings (SSSR count). The second-order valence-corrected chi connectivity index (χ2v) is 5.13. The van der Waals surface area contributed by atoms with Crippen LogP contribution in [-0.2, 0) is 4.65 Å². The number of rotatable bonds is 3. The van der Waals surface area contributed by atoms with E-state index in [4.69, 9.17) is 4.65 Å². The molecule has 0 spiro atoms. The lowest BCUT2D eigenvalue weighted by atomic mass is 9.39. The second kappa shape index (κ2) is 4.31. The van der Waals surface area contributed by atoms with Crippen molar-refractivity contribution in [2.75, 3.05) is 7.11 Å². The zero-order valence-corrected chi connectivity index (χ0v) is 9.64. The molecule has 0 saturated carbocycles. The molecule has 0 bridgehead atoms. The van der Waals surface area contributed by atoms with Crippen LogP contribution in [-0.4, -0.2) is 14.0 Å². The minimum absolute atomic E-state index is 0.248. The topological polar surface area (TPSA) is 9.23 Å². The minimum Gasteiger partial charge on any atom is -0.438 e. The summed E-state index contributed by atoms with van der Waals surface area (Å²) in [5, 5.41) is 0.248. The lowest BCUT2D eigenvalue weighted by Crippen LogP contribution is -2.34. The Kier molecular flexibility index (Phi) is 4.32. The predicted molar refractivity (Wildman–Crippen MR) is 56.7 cm³/mol. The van der Waals surface area contributed by atoms with E-state index in [0.717, 1.165) is 0 Å². The van der Waals surface area contributed by atoms with Crippen molar-refractivity contribution >= 4 is 6.92 Å². The van der Waals surface area contributed by atoms with E-state index in [1.54, 1.807) is 0 Å². The van der Waals surface area contributed by atoms with Gasteiger partial charge in [0.25, 0.3) is 0 Å². The van der Waals surface area contributed by atoms with Gasteiger partial charge in [0, 0.05) is 7.11 Å². The summed E-state index contributed by atoms with van der Waals surface area (Å²) in [5.41, 5.74) is 0. The molecular weight excluding hydrogens is 147 g/mol. The summed E-state index contributed by atoms with van der Waals surface area (Å²) in [7, 11) is 1.81. The van der Waals surface area contributed by atoms with Crippen molar-refractivity contribution in [1.29, 1.82) is 0 Å². The Morgan fingerprint density at radius 2 is 1.50 bits per heavy atom. The SMILES string of the molecule is COB(C(C)C(C)C)C(C)(C)C. The van der Waals surface area contributed by atoms with E-state index in [-0.39, 0.29) is 5.31 Å². The lowest BCUT2D eigenvalue weighted by molar-refractivity contribution is 0.364. The standard InChI is InChI=1S/C10H23BO/c1-8(2)9(3)11(12-7)10(4,5)6/h8-9H,1-7H3. The lowest BCUT2D eigenvalue weighted by Gasteiger charge is -2.32. The molecule has 12 heavy (non-hydrogen) atoms. The summed E-state index contributed by atoms with van der Waals surface area (Å²) in [6.07, 6.45) is 0. The Labute approximate surface area is 78.0 Å². The Balaban J connectivity index is 4.35. The molecule has 0 aromatic rings. The van der Waals surface area contributed by atoms with E-state index in [1.807, 2.05) is 7.11 Å². The predicted octanol–water partition coefficient (Wildman–Crippen LogP) is 3.47. The number of hydrogen-bond donors (Lipinski definition) is 0. The van der Waals surface area contributed by atoms with E-state index >= 15 is 0 Å². The van der Waals surface area contributed by atoms with Crippen LogP contribution < -0.4 is 0 Å². The summed E-state index contributed by atoms with van der Waals surface area (Å²) in [6, 6.07) is 0. The van der Waals surface area contributed by atoms with Gasteiger partial charge in [0.2, 0.25) is 0 Å². The first-order chi connectivity index (χ1) is 5.30. The van der Waals surface area contributed by atoms with Crippen LogP contribution in [0.1, 0.15) is 41.5 Å². The van der Waals surface area contributed by atoms with Crippen molar-refractivity contribution in [1.82, 2.24) is 0 Å². The molecule has 1 unspecified atom stereocenters. The molecule has 0 saturated heterocycles. The van der Waals surface area contributed by atoms with Gasteiger partial charge in [0.15, 0.2) is 0 Å². The van der Waals surface area contributed by atoms with Gasteiger partial charge in [0.1, 0.15) is 0 Å². The molecule has 2 heteroatoms. The van der Waals surface area contributed by atoms with Crippen LogP contribution in [0, 0.1) is 5.92 Å². The van der Waals surface area contributed by atoms with Gasteiger partial charge in [-0.25, -0.2) is 0 Å². The van der Waals surface area contributed by atoms with Crippen molar-refractivity contribution in [3.8, 4) is 0 Å². The van der Waals surface area contributed by atoms with Crippen LogP contribution in [0.4, 0.5) is 0 Å². The summed E-state index contributed by atoms with van der Waals surface area (Å²) >= 11 is 0. The largest absolute Gasteiger partial charge is 0.438 e. The third-order valence-corrected chi connectivity index (χ3v) is 2.64. The maximum atomic E-state index is 5.54. The monoisotopic (exact) mass is 170 g/mol. The van der Waals surface area contributed by atoms with E-state index in [0.29, 0.717) is 18.7 Å². The van der Waals surface area contributed by atoms with Gasteiger partial charge >= 0.3 is 6.92 Å². The first kappa shape index (κ1) is 12.0. The molecule has 0 N–H and O–H groups in total. The molecule has 1 atom stereocenters. The fourth-order valence-corrected chi connectivity index (χ4v) is 1.71. The van der Waals surface area contributed by atoms with E-state index in [1.165, 1.54) is 0 Å². The zero-order valence-electron chi connectivity index (χ0n) is 9.64. The fraction of sp³-hybridized carbons (Fsp3) is 1.00. The van der Waals surface area contributed by atoms with Gasteiger partial charge in [-0.3, -0.25) is 0 Å². The first-order valence-electron chi connectivity index (χ1n) is 4.83. The van der Waals surface area contributed by atoms with Gasteiger partial charge in [-0.15, -0.1) is 0 Å². The third-order valence-electron chi connectivity index (χ3n) is 2.64. The minimum atomic E-state index is 0.248. The normalized spacial score (nSPS) is 15.0. The highest BCUT2D eigenvalue weighted by Crippen LogP contribution is 2.37. The molecule has 0 fully saturated rings. The molecule has 72 valence electrons. The Bertz CT molecular complexity index is 126. The molecular formula is C10H23BO. The quantitative estimate of drug-likeness (QED) is 0.589. The summed E-state index contributed by atoms with van der Waals surface area (Å²) in [4.78, 5) is 0. The van der Waals surface area contributed by atoms with Crippen LogP contribution in [0.25, 0.3) is 0 Å². The van der Waals surface area contributed by atoms with E-state index < -0.39 is 0 Å². The molecule has 0 aromatic carbocycles. The molecule has 0 aliphatic rings. The maximum absolute atomic E-state index is 5.54. The Morgan fingerprint density at radius 1 is 1.08 bits per heavy atom. The van der Waals surface area contributed by atoms with Gasteiger partial charge in [0.05, 0.1) is 0 Å². The smallest absolute Gasteiger partial charge is 0.301 e. The van der Waals surface area contributed by atoms with Crippen LogP contribution in [0.15, 0.2) is 0 Å². The summed E-state index contributed by atoms with van der Waals surface area (Å²) < 4.78 is 5.54. The second-order valence-electron chi connectivity index (χ2n) is 5.13. The molecule has 0 aliphatic heterocycles. The van der Waals surface area contributed by atoms with Crippen molar-refractivity contribution < 1.29 is 4.65 Å². The fourth-order valence-electron chi connectivity index (χ4n) is 1.71. The molecule has 0 amide bonds. The molecule has 0 radical (unpaired) electrons. The zero-order chi connectivity index (χ0) is 9.94. The van der Waals surface area contributed by atoms with E-state index in [9.17, 15) is 0 Å². The highest BCUT2D eigenvalue weighted by atomic mass is 16.4. The van der Waals surface area contributed by atoms with Crippen molar-refractivity contribution in [2.45, 2.75) is 52.7 Å². The van der Waals surface area contributed by atoms with E-state index in [2.05, 4.69) is 41.5 Å². The Hall–Kier alpha value is 0.0249. The van der Waals surface area contributed by atoms with Gasteiger partial charge in [-0.1, -0.05) is 41.5 Å². The van der Waals surface area contributed by atoms with Crippen LogP contribution in [0.3, 0.4) is 0 Å². The summed E-state index contributed by atoms with van der Waals surface area (Å²) in [6.45, 7) is 13.8. The molecule has 0 aromatic heterocycles. The molecule has 0 heterocycles. The summed E-state index contributed by atoms with van der Waals surface area (Å²) in [5.74, 6) is 1.31. The highest BCUT2D eigenvalue weighted by molar-refractivity contribution is 6.57. The van der Waals surface area contributed by atoms with Crippen LogP contribution >= 0.6 is 0 Å². The van der Waals surface area contributed by atoms with Gasteiger partial charge < -0.3 is 4.65 Å². The van der Waals surface area contributed by atoms with Crippen molar-refractivity contribution in [2.24, 2.45) is 5.92 Å². The third kappa shape index (κ3) is 3.18. The Morgan fingerprint density at radius 3 is 1.58 bits per heavy atom. The van der Waals surface area contributed by atoms with Gasteiger partial charge in [-0.2, -0.15) is 0 Å². The van der Waals surface area contributed by atoms with Crippen LogP contribution in [0.2, 0.25) is 11.1 Å². The maximum Gasteiger partial charge on any atom is 0.301 e. The van der Waals surface area contributed by atoms with Crippen molar-refractivity contribution in [3.05, 3.63) is 0 Å². The average Bonchev–Trinajstić information content (AvgIpc) is 1.85. The number of hydrogen-bond acceptors (Lipinski definition) is 1.